The van der Waals surface area contributed by atoms with Crippen molar-refractivity contribution in [3.63, 3.8) is 0 Å². The maximum absolute atomic E-state index is 13.3. The summed E-state index contributed by atoms with van der Waals surface area (Å²) in [4.78, 5) is 26.8. The third-order valence-corrected chi connectivity index (χ3v) is 6.20. The van der Waals surface area contributed by atoms with Gasteiger partial charge in [0, 0.05) is 11.3 Å². The van der Waals surface area contributed by atoms with E-state index in [1.54, 1.807) is 37.4 Å². The first-order valence-corrected chi connectivity index (χ1v) is 11.1. The first-order valence-electron chi connectivity index (χ1n) is 10.3. The van der Waals surface area contributed by atoms with E-state index in [9.17, 15) is 9.59 Å². The molecule has 0 aliphatic heterocycles. The zero-order valence-corrected chi connectivity index (χ0v) is 19.0. The van der Waals surface area contributed by atoms with Crippen LogP contribution >= 0.6 is 11.3 Å². The number of aryl methyl sites for hydroxylation is 1. The number of rotatable bonds is 7. The van der Waals surface area contributed by atoms with Gasteiger partial charge in [-0.2, -0.15) is 0 Å². The molecule has 0 aliphatic carbocycles. The summed E-state index contributed by atoms with van der Waals surface area (Å²) in [6, 6.07) is 23.6. The molecule has 4 N–H and O–H groups in total. The van der Waals surface area contributed by atoms with Crippen LogP contribution in [-0.4, -0.2) is 18.8 Å². The molecule has 166 valence electrons. The van der Waals surface area contributed by atoms with E-state index in [1.807, 2.05) is 55.5 Å². The SMILES string of the molecule is COc1ccccc1Nc1sc(C(=O)c2ccccc2)c(N)c1C(=O)Nc1ccc(C)cc1. The van der Waals surface area contributed by atoms with Gasteiger partial charge >= 0.3 is 0 Å². The maximum atomic E-state index is 13.3. The molecule has 0 bridgehead atoms. The Labute approximate surface area is 196 Å². The van der Waals surface area contributed by atoms with Crippen molar-refractivity contribution in [1.29, 1.82) is 0 Å². The van der Waals surface area contributed by atoms with Gasteiger partial charge < -0.3 is 21.1 Å². The molecule has 3 aromatic carbocycles. The third-order valence-electron chi connectivity index (χ3n) is 5.08. The molecule has 0 unspecified atom stereocenters. The van der Waals surface area contributed by atoms with Crippen molar-refractivity contribution in [2.24, 2.45) is 0 Å². The van der Waals surface area contributed by atoms with E-state index in [1.165, 1.54) is 0 Å². The summed E-state index contributed by atoms with van der Waals surface area (Å²) in [6.07, 6.45) is 0. The van der Waals surface area contributed by atoms with Crippen LogP contribution in [0.4, 0.5) is 22.1 Å². The number of nitrogens with two attached hydrogens (primary N) is 1. The Bertz CT molecular complexity index is 1300. The monoisotopic (exact) mass is 457 g/mol. The second-order valence-electron chi connectivity index (χ2n) is 7.39. The van der Waals surface area contributed by atoms with Gasteiger partial charge in [-0.3, -0.25) is 9.59 Å². The number of benzene rings is 3. The standard InChI is InChI=1S/C26H23N3O3S/c1-16-12-14-18(15-13-16)28-25(31)21-22(27)24(23(30)17-8-4-3-5-9-17)33-26(21)29-19-10-6-7-11-20(19)32-2/h3-15,29H,27H2,1-2H3,(H,28,31). The molecule has 0 radical (unpaired) electrons. The van der Waals surface area contributed by atoms with Gasteiger partial charge in [0.1, 0.15) is 15.6 Å². The minimum atomic E-state index is -0.405. The van der Waals surface area contributed by atoms with Gasteiger partial charge in [0.05, 0.1) is 24.0 Å². The summed E-state index contributed by atoms with van der Waals surface area (Å²) >= 11 is 1.14. The molecule has 0 saturated heterocycles. The first kappa shape index (κ1) is 22.1. The van der Waals surface area contributed by atoms with Crippen LogP contribution in [0, 0.1) is 6.92 Å². The molecule has 0 atom stereocenters. The van der Waals surface area contributed by atoms with Gasteiger partial charge in [0.15, 0.2) is 0 Å². The molecule has 4 rings (SSSR count). The number of amides is 1. The van der Waals surface area contributed by atoms with E-state index in [2.05, 4.69) is 10.6 Å². The fraction of sp³-hybridized carbons (Fsp3) is 0.0769. The summed E-state index contributed by atoms with van der Waals surface area (Å²) < 4.78 is 5.42. The van der Waals surface area contributed by atoms with Gasteiger partial charge in [-0.25, -0.2) is 0 Å². The molecule has 7 heteroatoms. The third kappa shape index (κ3) is 4.73. The van der Waals surface area contributed by atoms with Crippen LogP contribution in [0.3, 0.4) is 0 Å². The predicted molar refractivity (Wildman–Crippen MR) is 134 cm³/mol. The van der Waals surface area contributed by atoms with Crippen molar-refractivity contribution in [3.8, 4) is 5.75 Å². The zero-order valence-electron chi connectivity index (χ0n) is 18.2. The second-order valence-corrected chi connectivity index (χ2v) is 8.41. The molecule has 1 heterocycles. The fourth-order valence-electron chi connectivity index (χ4n) is 3.35. The molecule has 4 aromatic rings. The number of ketones is 1. The highest BCUT2D eigenvalue weighted by Crippen LogP contribution is 2.40. The molecule has 0 spiro atoms. The van der Waals surface area contributed by atoms with Crippen LogP contribution in [0.2, 0.25) is 0 Å². The lowest BCUT2D eigenvalue weighted by Crippen LogP contribution is -2.15. The fourth-order valence-corrected chi connectivity index (χ4v) is 4.44. The van der Waals surface area contributed by atoms with E-state index in [0.717, 1.165) is 16.9 Å². The zero-order chi connectivity index (χ0) is 23.4. The van der Waals surface area contributed by atoms with Crippen LogP contribution in [-0.2, 0) is 0 Å². The molecular weight excluding hydrogens is 434 g/mol. The van der Waals surface area contributed by atoms with Crippen LogP contribution in [0.15, 0.2) is 78.9 Å². The average Bonchev–Trinajstić information content (AvgIpc) is 3.16. The topological polar surface area (TPSA) is 93.4 Å². The summed E-state index contributed by atoms with van der Waals surface area (Å²) in [5.74, 6) is -0.0435. The lowest BCUT2D eigenvalue weighted by molar-refractivity contribution is 0.102. The normalized spacial score (nSPS) is 10.5. The quantitative estimate of drug-likeness (QED) is 0.302. The summed E-state index contributed by atoms with van der Waals surface area (Å²) in [6.45, 7) is 1.97. The van der Waals surface area contributed by atoms with Crippen molar-refractivity contribution in [2.75, 3.05) is 23.5 Å². The van der Waals surface area contributed by atoms with Gasteiger partial charge in [-0.1, -0.05) is 60.2 Å². The number of methoxy groups -OCH3 is 1. The number of anilines is 4. The first-order chi connectivity index (χ1) is 16.0. The minimum absolute atomic E-state index is 0.135. The number of hydrogen-bond donors (Lipinski definition) is 3. The highest BCUT2D eigenvalue weighted by Gasteiger charge is 2.27. The summed E-state index contributed by atoms with van der Waals surface area (Å²) in [5.41, 5.74) is 9.62. The highest BCUT2D eigenvalue weighted by atomic mass is 32.1. The van der Waals surface area contributed by atoms with E-state index >= 15 is 0 Å². The Balaban J connectivity index is 1.76. The molecule has 0 saturated carbocycles. The lowest BCUT2D eigenvalue weighted by atomic mass is 10.1. The van der Waals surface area contributed by atoms with Crippen LogP contribution < -0.4 is 21.1 Å². The van der Waals surface area contributed by atoms with Crippen molar-refractivity contribution in [1.82, 2.24) is 0 Å². The van der Waals surface area contributed by atoms with E-state index in [0.29, 0.717) is 32.6 Å². The van der Waals surface area contributed by atoms with Gasteiger partial charge in [-0.05, 0) is 31.2 Å². The van der Waals surface area contributed by atoms with Crippen molar-refractivity contribution >= 4 is 45.1 Å². The highest BCUT2D eigenvalue weighted by molar-refractivity contribution is 7.19. The maximum Gasteiger partial charge on any atom is 0.260 e. The summed E-state index contributed by atoms with van der Waals surface area (Å²) in [5, 5.41) is 6.57. The lowest BCUT2D eigenvalue weighted by Gasteiger charge is -2.12. The van der Waals surface area contributed by atoms with E-state index in [4.69, 9.17) is 10.5 Å². The number of carbonyl (C=O) groups is 2. The van der Waals surface area contributed by atoms with Crippen LogP contribution in [0.25, 0.3) is 0 Å². The Morgan fingerprint density at radius 2 is 1.58 bits per heavy atom. The van der Waals surface area contributed by atoms with Gasteiger partial charge in [-0.15, -0.1) is 11.3 Å². The predicted octanol–water partition coefficient (Wildman–Crippen LogP) is 5.87. The number of carbonyl (C=O) groups excluding carboxylic acids is 2. The molecule has 0 aliphatic rings. The van der Waals surface area contributed by atoms with Gasteiger partial charge in [0.2, 0.25) is 5.78 Å². The number of hydrogen-bond acceptors (Lipinski definition) is 6. The molecule has 1 aromatic heterocycles. The van der Waals surface area contributed by atoms with Crippen LogP contribution in [0.1, 0.15) is 31.2 Å². The molecule has 1 amide bonds. The second kappa shape index (κ2) is 9.58. The number of nitrogen functional groups attached to an aromatic ring is 1. The number of thiophene rings is 1. The Morgan fingerprint density at radius 1 is 0.909 bits per heavy atom. The molecule has 33 heavy (non-hydrogen) atoms. The van der Waals surface area contributed by atoms with E-state index < -0.39 is 5.91 Å². The number of para-hydroxylation sites is 2. The van der Waals surface area contributed by atoms with Crippen molar-refractivity contribution in [3.05, 3.63) is 100 Å². The van der Waals surface area contributed by atoms with Crippen LogP contribution in [0.5, 0.6) is 5.75 Å². The number of ether oxygens (including phenoxy) is 1. The molecular formula is C26H23N3O3S. The van der Waals surface area contributed by atoms with Crippen molar-refractivity contribution < 1.29 is 14.3 Å². The van der Waals surface area contributed by atoms with E-state index in [-0.39, 0.29) is 17.0 Å². The smallest absolute Gasteiger partial charge is 0.260 e. The molecule has 6 nitrogen and oxygen atoms in total. The molecule has 0 fully saturated rings. The number of nitrogens with one attached hydrogen (secondary N) is 2. The Morgan fingerprint density at radius 3 is 2.27 bits per heavy atom. The Hall–Kier alpha value is -4.10. The minimum Gasteiger partial charge on any atom is -0.495 e. The average molecular weight is 458 g/mol. The summed E-state index contributed by atoms with van der Waals surface area (Å²) in [7, 11) is 1.57. The van der Waals surface area contributed by atoms with Crippen molar-refractivity contribution in [2.45, 2.75) is 6.92 Å². The Kier molecular flexibility index (Phi) is 6.42. The van der Waals surface area contributed by atoms with Gasteiger partial charge in [0.25, 0.3) is 5.91 Å². The largest absolute Gasteiger partial charge is 0.495 e.